The smallest absolute Gasteiger partial charge is 0.225 e. The molecule has 1 saturated carbocycles. The third-order valence-corrected chi connectivity index (χ3v) is 4.47. The number of halogens is 1. The van der Waals surface area contributed by atoms with Gasteiger partial charge in [-0.05, 0) is 54.5 Å². The van der Waals surface area contributed by atoms with Crippen LogP contribution in [-0.2, 0) is 0 Å². The molecule has 0 radical (unpaired) electrons. The van der Waals surface area contributed by atoms with Crippen molar-refractivity contribution in [2.45, 2.75) is 31.7 Å². The second kappa shape index (κ2) is 6.78. The lowest BCUT2D eigenvalue weighted by Gasteiger charge is -2.14. The first-order valence-electron chi connectivity index (χ1n) is 7.43. The molecule has 116 valence electrons. The number of hydrogen-bond acceptors (Lipinski definition) is 5. The van der Waals surface area contributed by atoms with Crippen LogP contribution in [-0.4, -0.2) is 27.7 Å². The third-order valence-electron chi connectivity index (χ3n) is 3.53. The van der Waals surface area contributed by atoms with E-state index in [1.165, 1.54) is 12.8 Å². The van der Waals surface area contributed by atoms with E-state index in [4.69, 9.17) is 0 Å². The van der Waals surface area contributed by atoms with Crippen molar-refractivity contribution < 1.29 is 5.11 Å². The minimum atomic E-state index is -0.0702. The SMILES string of the molecule is C[C@@H](CO)Nc1nc(Nc2ccccc2I)cc(C2CC2)n1. The number of anilines is 3. The molecule has 1 aromatic carbocycles. The Bertz CT molecular complexity index is 660. The molecule has 6 heteroatoms. The van der Waals surface area contributed by atoms with Crippen LogP contribution in [0.3, 0.4) is 0 Å². The number of aliphatic hydroxyl groups excluding tert-OH is 1. The van der Waals surface area contributed by atoms with Gasteiger partial charge in [-0.15, -0.1) is 0 Å². The van der Waals surface area contributed by atoms with E-state index in [0.29, 0.717) is 11.9 Å². The van der Waals surface area contributed by atoms with E-state index in [1.807, 2.05) is 31.2 Å². The van der Waals surface area contributed by atoms with Gasteiger partial charge < -0.3 is 15.7 Å². The number of benzene rings is 1. The van der Waals surface area contributed by atoms with E-state index in [-0.39, 0.29) is 12.6 Å². The largest absolute Gasteiger partial charge is 0.394 e. The Morgan fingerprint density at radius 1 is 1.32 bits per heavy atom. The standard InChI is InChI=1S/C16H19IN4O/c1-10(9-22)18-16-20-14(11-6-7-11)8-15(21-16)19-13-5-3-2-4-12(13)17/h2-5,8,10-11,22H,6-7,9H2,1H3,(H2,18,19,20,21)/t10-/m0/s1. The normalized spacial score (nSPS) is 15.4. The molecule has 0 saturated heterocycles. The molecule has 0 aliphatic heterocycles. The van der Waals surface area contributed by atoms with Gasteiger partial charge in [-0.3, -0.25) is 0 Å². The Kier molecular flexibility index (Phi) is 4.77. The number of para-hydroxylation sites is 1. The minimum Gasteiger partial charge on any atom is -0.394 e. The van der Waals surface area contributed by atoms with E-state index in [1.54, 1.807) is 0 Å². The van der Waals surface area contributed by atoms with Gasteiger partial charge in [-0.2, -0.15) is 4.98 Å². The molecule has 1 aromatic heterocycles. The Hall–Kier alpha value is -1.41. The average Bonchev–Trinajstić information content (AvgIpc) is 3.34. The summed E-state index contributed by atoms with van der Waals surface area (Å²) in [6.45, 7) is 1.96. The maximum Gasteiger partial charge on any atom is 0.225 e. The number of nitrogens with zero attached hydrogens (tertiary/aromatic N) is 2. The van der Waals surface area contributed by atoms with E-state index >= 15 is 0 Å². The fraction of sp³-hybridized carbons (Fsp3) is 0.375. The molecule has 3 N–H and O–H groups in total. The zero-order valence-electron chi connectivity index (χ0n) is 12.4. The van der Waals surface area contributed by atoms with Crippen LogP contribution in [0.4, 0.5) is 17.5 Å². The fourth-order valence-electron chi connectivity index (χ4n) is 2.15. The van der Waals surface area contributed by atoms with Gasteiger partial charge in [-0.1, -0.05) is 12.1 Å². The Labute approximate surface area is 143 Å². The molecule has 2 aromatic rings. The molecule has 1 fully saturated rings. The van der Waals surface area contributed by atoms with Crippen molar-refractivity contribution in [1.29, 1.82) is 0 Å². The van der Waals surface area contributed by atoms with Gasteiger partial charge in [0.2, 0.25) is 5.95 Å². The van der Waals surface area contributed by atoms with Crippen molar-refractivity contribution in [3.8, 4) is 0 Å². The van der Waals surface area contributed by atoms with Crippen molar-refractivity contribution >= 4 is 40.0 Å². The minimum absolute atomic E-state index is 0.0519. The Morgan fingerprint density at radius 2 is 2.09 bits per heavy atom. The highest BCUT2D eigenvalue weighted by Gasteiger charge is 2.26. The molecule has 0 spiro atoms. The Balaban J connectivity index is 1.87. The summed E-state index contributed by atoms with van der Waals surface area (Å²) in [7, 11) is 0. The lowest BCUT2D eigenvalue weighted by atomic mass is 10.2. The molecule has 1 heterocycles. The maximum atomic E-state index is 9.19. The highest BCUT2D eigenvalue weighted by Crippen LogP contribution is 2.40. The van der Waals surface area contributed by atoms with Gasteiger partial charge in [0.1, 0.15) is 5.82 Å². The molecule has 22 heavy (non-hydrogen) atoms. The van der Waals surface area contributed by atoms with Crippen LogP contribution in [0.15, 0.2) is 30.3 Å². The quantitative estimate of drug-likeness (QED) is 0.637. The van der Waals surface area contributed by atoms with Gasteiger partial charge in [0.15, 0.2) is 0 Å². The highest BCUT2D eigenvalue weighted by molar-refractivity contribution is 14.1. The molecular weight excluding hydrogens is 391 g/mol. The van der Waals surface area contributed by atoms with E-state index in [0.717, 1.165) is 20.8 Å². The van der Waals surface area contributed by atoms with E-state index in [2.05, 4.69) is 49.3 Å². The topological polar surface area (TPSA) is 70.1 Å². The monoisotopic (exact) mass is 410 g/mol. The van der Waals surface area contributed by atoms with Crippen LogP contribution >= 0.6 is 22.6 Å². The van der Waals surface area contributed by atoms with Crippen LogP contribution in [0.2, 0.25) is 0 Å². The predicted octanol–water partition coefficient (Wildman–Crippen LogP) is 3.49. The van der Waals surface area contributed by atoms with Crippen molar-refractivity contribution in [3.63, 3.8) is 0 Å². The second-order valence-corrected chi connectivity index (χ2v) is 6.77. The van der Waals surface area contributed by atoms with Gasteiger partial charge in [0.05, 0.1) is 18.0 Å². The molecule has 1 aliphatic carbocycles. The highest BCUT2D eigenvalue weighted by atomic mass is 127. The van der Waals surface area contributed by atoms with Gasteiger partial charge >= 0.3 is 0 Å². The number of nitrogens with one attached hydrogen (secondary N) is 2. The van der Waals surface area contributed by atoms with Crippen molar-refractivity contribution in [2.75, 3.05) is 17.2 Å². The summed E-state index contributed by atoms with van der Waals surface area (Å²) in [6, 6.07) is 10.1. The van der Waals surface area contributed by atoms with Gasteiger partial charge in [0.25, 0.3) is 0 Å². The number of aromatic nitrogens is 2. The molecule has 3 rings (SSSR count). The predicted molar refractivity (Wildman–Crippen MR) is 96.6 cm³/mol. The van der Waals surface area contributed by atoms with E-state index in [9.17, 15) is 5.11 Å². The first kappa shape index (κ1) is 15.5. The molecule has 1 aliphatic rings. The molecule has 1 atom stereocenters. The third kappa shape index (κ3) is 3.86. The summed E-state index contributed by atoms with van der Waals surface area (Å²) in [5.74, 6) is 1.90. The average molecular weight is 410 g/mol. The summed E-state index contributed by atoms with van der Waals surface area (Å²) >= 11 is 2.30. The van der Waals surface area contributed by atoms with Crippen LogP contribution in [0.25, 0.3) is 0 Å². The first-order chi connectivity index (χ1) is 10.7. The zero-order chi connectivity index (χ0) is 15.5. The lowest BCUT2D eigenvalue weighted by molar-refractivity contribution is 0.281. The molecule has 5 nitrogen and oxygen atoms in total. The number of aliphatic hydroxyl groups is 1. The van der Waals surface area contributed by atoms with E-state index < -0.39 is 0 Å². The van der Waals surface area contributed by atoms with Crippen molar-refractivity contribution in [2.24, 2.45) is 0 Å². The summed E-state index contributed by atoms with van der Waals surface area (Å²) in [4.78, 5) is 9.09. The van der Waals surface area contributed by atoms with Gasteiger partial charge in [-0.25, -0.2) is 4.98 Å². The summed E-state index contributed by atoms with van der Waals surface area (Å²) < 4.78 is 1.14. The molecule has 0 unspecified atom stereocenters. The summed E-state index contributed by atoms with van der Waals surface area (Å²) in [5, 5.41) is 15.7. The maximum absolute atomic E-state index is 9.19. The van der Waals surface area contributed by atoms with Crippen molar-refractivity contribution in [1.82, 2.24) is 9.97 Å². The van der Waals surface area contributed by atoms with Crippen LogP contribution in [0.5, 0.6) is 0 Å². The lowest BCUT2D eigenvalue weighted by Crippen LogP contribution is -2.21. The fourth-order valence-corrected chi connectivity index (χ4v) is 2.67. The van der Waals surface area contributed by atoms with Crippen LogP contribution in [0.1, 0.15) is 31.4 Å². The zero-order valence-corrected chi connectivity index (χ0v) is 14.5. The van der Waals surface area contributed by atoms with Crippen molar-refractivity contribution in [3.05, 3.63) is 39.6 Å². The second-order valence-electron chi connectivity index (χ2n) is 5.61. The Morgan fingerprint density at radius 3 is 2.77 bits per heavy atom. The summed E-state index contributed by atoms with van der Waals surface area (Å²) in [6.07, 6.45) is 2.38. The molecular formula is C16H19IN4O. The molecule has 0 amide bonds. The van der Waals surface area contributed by atoms with Gasteiger partial charge in [0, 0.05) is 21.6 Å². The van der Waals surface area contributed by atoms with Crippen LogP contribution in [0, 0.1) is 3.57 Å². The number of hydrogen-bond donors (Lipinski definition) is 3. The number of rotatable bonds is 6. The summed E-state index contributed by atoms with van der Waals surface area (Å²) in [5.41, 5.74) is 2.10. The molecule has 0 bridgehead atoms. The van der Waals surface area contributed by atoms with Crippen LogP contribution < -0.4 is 10.6 Å². The first-order valence-corrected chi connectivity index (χ1v) is 8.51.